The van der Waals surface area contributed by atoms with Crippen LogP contribution in [-0.4, -0.2) is 30.4 Å². The summed E-state index contributed by atoms with van der Waals surface area (Å²) in [6.45, 7) is 1.72. The third-order valence-electron chi connectivity index (χ3n) is 3.77. The Hall–Kier alpha value is -2.49. The minimum absolute atomic E-state index is 0.0774. The van der Waals surface area contributed by atoms with Crippen molar-refractivity contribution in [3.63, 3.8) is 0 Å². The molecule has 10 heteroatoms. The van der Waals surface area contributed by atoms with E-state index in [2.05, 4.69) is 14.1 Å². The van der Waals surface area contributed by atoms with E-state index in [-0.39, 0.29) is 23.1 Å². The van der Waals surface area contributed by atoms with Crippen LogP contribution in [0.15, 0.2) is 53.4 Å². The highest BCUT2D eigenvalue weighted by Gasteiger charge is 2.20. The molecule has 2 aromatic carbocycles. The lowest BCUT2D eigenvalue weighted by Gasteiger charge is -2.08. The van der Waals surface area contributed by atoms with Crippen molar-refractivity contribution in [2.24, 2.45) is 0 Å². The quantitative estimate of drug-likeness (QED) is 0.566. The molecule has 0 bridgehead atoms. The van der Waals surface area contributed by atoms with E-state index in [9.17, 15) is 13.2 Å². The molecule has 1 heterocycles. The zero-order valence-corrected chi connectivity index (χ0v) is 17.1. The van der Waals surface area contributed by atoms with Gasteiger partial charge in [0.15, 0.2) is 0 Å². The summed E-state index contributed by atoms with van der Waals surface area (Å²) in [6.07, 6.45) is 0.271. The highest BCUT2D eigenvalue weighted by Crippen LogP contribution is 2.25. The van der Waals surface area contributed by atoms with Gasteiger partial charge in [-0.05, 0) is 36.8 Å². The standard InChI is InChI=1S/C18H16ClN3O4S2/c1-12-14(19)8-5-9-15(12)28(24,25)22-18-20-16(21-27-18)10-11-26-17(23)13-6-3-2-4-7-13/h2-9H,10-11H2,1H3,(H,20,21,22). The topological polar surface area (TPSA) is 98.3 Å². The van der Waals surface area contributed by atoms with Crippen LogP contribution in [0, 0.1) is 6.92 Å². The number of aromatic nitrogens is 2. The van der Waals surface area contributed by atoms with Gasteiger partial charge in [-0.2, -0.15) is 4.37 Å². The number of benzene rings is 2. The number of hydrogen-bond donors (Lipinski definition) is 1. The number of esters is 1. The molecule has 0 amide bonds. The monoisotopic (exact) mass is 437 g/mol. The van der Waals surface area contributed by atoms with Gasteiger partial charge in [0.1, 0.15) is 5.82 Å². The molecule has 3 rings (SSSR count). The molecule has 1 aromatic heterocycles. The predicted octanol–water partition coefficient (Wildman–Crippen LogP) is 3.70. The maximum atomic E-state index is 12.5. The summed E-state index contributed by atoms with van der Waals surface area (Å²) < 4.78 is 36.7. The fourth-order valence-corrected chi connectivity index (χ4v) is 4.67. The van der Waals surface area contributed by atoms with Crippen LogP contribution in [0.25, 0.3) is 0 Å². The Labute approximate surface area is 171 Å². The molecule has 0 aliphatic rings. The van der Waals surface area contributed by atoms with Crippen molar-refractivity contribution in [3.8, 4) is 0 Å². The number of carbonyl (C=O) groups excluding carboxylic acids is 1. The minimum Gasteiger partial charge on any atom is -0.462 e. The molecule has 0 unspecified atom stereocenters. The van der Waals surface area contributed by atoms with E-state index in [1.165, 1.54) is 6.07 Å². The van der Waals surface area contributed by atoms with Crippen LogP contribution in [0.2, 0.25) is 5.02 Å². The van der Waals surface area contributed by atoms with E-state index >= 15 is 0 Å². The number of sulfonamides is 1. The third-order valence-corrected chi connectivity index (χ3v) is 6.46. The zero-order chi connectivity index (χ0) is 20.1. The van der Waals surface area contributed by atoms with Crippen molar-refractivity contribution in [3.05, 3.63) is 70.5 Å². The van der Waals surface area contributed by atoms with Gasteiger partial charge < -0.3 is 4.74 Å². The van der Waals surface area contributed by atoms with Gasteiger partial charge in [0.25, 0.3) is 10.0 Å². The highest BCUT2D eigenvalue weighted by atomic mass is 35.5. The van der Waals surface area contributed by atoms with Crippen LogP contribution in [0.5, 0.6) is 0 Å². The first kappa shape index (κ1) is 20.2. The lowest BCUT2D eigenvalue weighted by atomic mass is 10.2. The van der Waals surface area contributed by atoms with E-state index in [1.54, 1.807) is 43.3 Å². The van der Waals surface area contributed by atoms with Crippen molar-refractivity contribution < 1.29 is 17.9 Å². The maximum Gasteiger partial charge on any atom is 0.338 e. The van der Waals surface area contributed by atoms with Gasteiger partial charge in [-0.1, -0.05) is 35.9 Å². The molecule has 28 heavy (non-hydrogen) atoms. The second-order valence-electron chi connectivity index (χ2n) is 5.74. The van der Waals surface area contributed by atoms with Crippen LogP contribution in [0.4, 0.5) is 5.13 Å². The number of ether oxygens (including phenoxy) is 1. The molecule has 0 spiro atoms. The smallest absolute Gasteiger partial charge is 0.338 e. The van der Waals surface area contributed by atoms with Crippen molar-refractivity contribution in [1.82, 2.24) is 9.36 Å². The number of carbonyl (C=O) groups is 1. The Bertz CT molecular complexity index is 1090. The molecular formula is C18H16ClN3O4S2. The first-order valence-electron chi connectivity index (χ1n) is 8.19. The lowest BCUT2D eigenvalue weighted by molar-refractivity contribution is 0.0508. The summed E-state index contributed by atoms with van der Waals surface area (Å²) in [5.74, 6) is -0.0560. The van der Waals surface area contributed by atoms with Gasteiger partial charge in [-0.3, -0.25) is 4.72 Å². The summed E-state index contributed by atoms with van der Waals surface area (Å²) in [5.41, 5.74) is 0.910. The highest BCUT2D eigenvalue weighted by molar-refractivity contribution is 7.93. The lowest BCUT2D eigenvalue weighted by Crippen LogP contribution is -2.14. The number of nitrogens with zero attached hydrogens (tertiary/aromatic N) is 2. The molecule has 146 valence electrons. The van der Waals surface area contributed by atoms with Crippen molar-refractivity contribution >= 4 is 44.3 Å². The fraction of sp³-hybridized carbons (Fsp3) is 0.167. The average Bonchev–Trinajstić information content (AvgIpc) is 3.11. The fourth-order valence-electron chi connectivity index (χ4n) is 2.34. The molecule has 3 aromatic rings. The predicted molar refractivity (Wildman–Crippen MR) is 107 cm³/mol. The van der Waals surface area contributed by atoms with Crippen LogP contribution >= 0.6 is 23.1 Å². The molecule has 0 radical (unpaired) electrons. The number of halogens is 1. The molecule has 1 N–H and O–H groups in total. The van der Waals surface area contributed by atoms with Crippen LogP contribution in [0.3, 0.4) is 0 Å². The van der Waals surface area contributed by atoms with Gasteiger partial charge in [-0.25, -0.2) is 18.2 Å². The van der Waals surface area contributed by atoms with Crippen LogP contribution < -0.4 is 4.72 Å². The van der Waals surface area contributed by atoms with Crippen LogP contribution in [0.1, 0.15) is 21.7 Å². The average molecular weight is 438 g/mol. The van der Waals surface area contributed by atoms with Crippen molar-refractivity contribution in [1.29, 1.82) is 0 Å². The van der Waals surface area contributed by atoms with Gasteiger partial charge in [0, 0.05) is 23.0 Å². The van der Waals surface area contributed by atoms with Crippen LogP contribution in [-0.2, 0) is 21.2 Å². The van der Waals surface area contributed by atoms with E-state index in [0.717, 1.165) is 11.5 Å². The largest absolute Gasteiger partial charge is 0.462 e. The third kappa shape index (κ3) is 4.86. The van der Waals surface area contributed by atoms with Crippen molar-refractivity contribution in [2.45, 2.75) is 18.2 Å². The second kappa shape index (κ2) is 8.68. The first-order valence-corrected chi connectivity index (χ1v) is 10.8. The summed E-state index contributed by atoms with van der Waals surface area (Å²) in [6, 6.07) is 13.3. The van der Waals surface area contributed by atoms with Gasteiger partial charge in [0.05, 0.1) is 17.1 Å². The van der Waals surface area contributed by atoms with E-state index in [4.69, 9.17) is 16.3 Å². The Morgan fingerprint density at radius 2 is 1.93 bits per heavy atom. The normalized spacial score (nSPS) is 11.2. The minimum atomic E-state index is -3.84. The maximum absolute atomic E-state index is 12.5. The van der Waals surface area contributed by atoms with Gasteiger partial charge in [0.2, 0.25) is 5.13 Å². The van der Waals surface area contributed by atoms with E-state index < -0.39 is 16.0 Å². The number of nitrogens with one attached hydrogen (secondary N) is 1. The van der Waals surface area contributed by atoms with Gasteiger partial charge in [-0.15, -0.1) is 0 Å². The zero-order valence-electron chi connectivity index (χ0n) is 14.8. The molecule has 0 atom stereocenters. The SMILES string of the molecule is Cc1c(Cl)cccc1S(=O)(=O)Nc1nc(CCOC(=O)c2ccccc2)ns1. The van der Waals surface area contributed by atoms with Gasteiger partial charge >= 0.3 is 5.97 Å². The molecule has 0 saturated heterocycles. The van der Waals surface area contributed by atoms with E-state index in [1.807, 2.05) is 6.07 Å². The van der Waals surface area contributed by atoms with Crippen molar-refractivity contribution in [2.75, 3.05) is 11.3 Å². The van der Waals surface area contributed by atoms with E-state index in [0.29, 0.717) is 22.0 Å². The number of anilines is 1. The molecule has 0 fully saturated rings. The first-order chi connectivity index (χ1) is 13.4. The molecule has 0 aliphatic heterocycles. The summed E-state index contributed by atoms with van der Waals surface area (Å²) in [5, 5.41) is 0.491. The molecular weight excluding hydrogens is 422 g/mol. The Morgan fingerprint density at radius 3 is 2.68 bits per heavy atom. The second-order valence-corrected chi connectivity index (χ2v) is 8.55. The molecule has 0 saturated carbocycles. The summed E-state index contributed by atoms with van der Waals surface area (Å²) in [4.78, 5) is 16.1. The molecule has 0 aliphatic carbocycles. The number of hydrogen-bond acceptors (Lipinski definition) is 7. The summed E-state index contributed by atoms with van der Waals surface area (Å²) in [7, 11) is -3.84. The molecule has 7 nitrogen and oxygen atoms in total. The Balaban J connectivity index is 1.60. The summed E-state index contributed by atoms with van der Waals surface area (Å²) >= 11 is 6.91. The Kier molecular flexibility index (Phi) is 6.28. The Morgan fingerprint density at radius 1 is 1.18 bits per heavy atom. The number of rotatable bonds is 7.